The molecule has 7 heteroatoms. The van der Waals surface area contributed by atoms with Crippen molar-refractivity contribution < 1.29 is 28.2 Å². The summed E-state index contributed by atoms with van der Waals surface area (Å²) in [4.78, 5) is 10.3. The Morgan fingerprint density at radius 3 is 2.29 bits per heavy atom. The van der Waals surface area contributed by atoms with Gasteiger partial charge in [0, 0.05) is 11.5 Å². The molecule has 0 amide bonds. The van der Waals surface area contributed by atoms with Crippen LogP contribution in [-0.4, -0.2) is 40.0 Å². The predicted molar refractivity (Wildman–Crippen MR) is 46.2 cm³/mol. The SMILES string of the molecule is CC(CSCC(O)C(F)(F)F)C(=O)O. The quantitative estimate of drug-likeness (QED) is 0.751. The van der Waals surface area contributed by atoms with Gasteiger partial charge in [0.1, 0.15) is 0 Å². The molecule has 0 saturated carbocycles. The average molecular weight is 232 g/mol. The zero-order valence-electron chi connectivity index (χ0n) is 7.41. The highest BCUT2D eigenvalue weighted by molar-refractivity contribution is 7.99. The Morgan fingerprint density at radius 1 is 1.43 bits per heavy atom. The third-order valence-electron chi connectivity index (χ3n) is 1.44. The third-order valence-corrected chi connectivity index (χ3v) is 2.73. The number of aliphatic hydroxyl groups excluding tert-OH is 1. The molecule has 0 saturated heterocycles. The summed E-state index contributed by atoms with van der Waals surface area (Å²) in [6.45, 7) is 1.40. The molecule has 3 nitrogen and oxygen atoms in total. The monoisotopic (exact) mass is 232 g/mol. The topological polar surface area (TPSA) is 57.5 Å². The van der Waals surface area contributed by atoms with Gasteiger partial charge in [0.05, 0.1) is 5.92 Å². The molecule has 0 aliphatic heterocycles. The van der Waals surface area contributed by atoms with Crippen LogP contribution in [0.4, 0.5) is 13.2 Å². The summed E-state index contributed by atoms with van der Waals surface area (Å²) in [5.41, 5.74) is 0. The molecule has 0 aliphatic rings. The van der Waals surface area contributed by atoms with E-state index in [0.29, 0.717) is 0 Å². The number of aliphatic hydroxyl groups is 1. The van der Waals surface area contributed by atoms with E-state index in [2.05, 4.69) is 0 Å². The summed E-state index contributed by atoms with van der Waals surface area (Å²) < 4.78 is 35.3. The number of alkyl halides is 3. The highest BCUT2D eigenvalue weighted by Crippen LogP contribution is 2.23. The number of aliphatic carboxylic acids is 1. The maximum absolute atomic E-state index is 11.8. The minimum absolute atomic E-state index is 0.0580. The molecule has 0 aromatic rings. The van der Waals surface area contributed by atoms with Gasteiger partial charge in [-0.3, -0.25) is 4.79 Å². The zero-order chi connectivity index (χ0) is 11.4. The fraction of sp³-hybridized carbons (Fsp3) is 0.857. The predicted octanol–water partition coefficient (Wildman–Crippen LogP) is 1.36. The highest BCUT2D eigenvalue weighted by atomic mass is 32.2. The second kappa shape index (κ2) is 5.45. The maximum Gasteiger partial charge on any atom is 0.415 e. The number of carboxylic acid groups (broad SMARTS) is 1. The van der Waals surface area contributed by atoms with Crippen LogP contribution in [0.25, 0.3) is 0 Å². The lowest BCUT2D eigenvalue weighted by molar-refractivity contribution is -0.195. The van der Waals surface area contributed by atoms with Crippen molar-refractivity contribution in [3.05, 3.63) is 0 Å². The molecule has 0 rings (SSSR count). The minimum atomic E-state index is -4.63. The van der Waals surface area contributed by atoms with Gasteiger partial charge in [0.2, 0.25) is 0 Å². The van der Waals surface area contributed by atoms with Gasteiger partial charge >= 0.3 is 12.1 Å². The minimum Gasteiger partial charge on any atom is -0.481 e. The smallest absolute Gasteiger partial charge is 0.415 e. The van der Waals surface area contributed by atoms with Gasteiger partial charge in [-0.1, -0.05) is 6.92 Å². The molecule has 0 aromatic carbocycles. The van der Waals surface area contributed by atoms with E-state index in [0.717, 1.165) is 11.8 Å². The van der Waals surface area contributed by atoms with Gasteiger partial charge in [-0.15, -0.1) is 0 Å². The largest absolute Gasteiger partial charge is 0.481 e. The molecule has 0 heterocycles. The fourth-order valence-corrected chi connectivity index (χ4v) is 1.57. The van der Waals surface area contributed by atoms with Gasteiger partial charge in [0.15, 0.2) is 6.10 Å². The maximum atomic E-state index is 11.8. The third kappa shape index (κ3) is 5.33. The lowest BCUT2D eigenvalue weighted by Crippen LogP contribution is -2.31. The molecule has 0 fully saturated rings. The molecule has 2 N–H and O–H groups in total. The van der Waals surface area contributed by atoms with E-state index in [1.165, 1.54) is 6.92 Å². The number of thioether (sulfide) groups is 1. The van der Waals surface area contributed by atoms with E-state index in [1.54, 1.807) is 0 Å². The second-order valence-electron chi connectivity index (χ2n) is 2.83. The molecule has 2 atom stereocenters. The first-order chi connectivity index (χ1) is 6.25. The summed E-state index contributed by atoms with van der Waals surface area (Å²) in [7, 11) is 0. The van der Waals surface area contributed by atoms with Crippen LogP contribution < -0.4 is 0 Å². The van der Waals surface area contributed by atoms with Crippen molar-refractivity contribution in [2.24, 2.45) is 5.92 Å². The van der Waals surface area contributed by atoms with E-state index in [4.69, 9.17) is 10.2 Å². The van der Waals surface area contributed by atoms with Crippen LogP contribution in [0.1, 0.15) is 6.92 Å². The number of rotatable bonds is 5. The van der Waals surface area contributed by atoms with Crippen molar-refractivity contribution >= 4 is 17.7 Å². The van der Waals surface area contributed by atoms with Crippen molar-refractivity contribution in [2.45, 2.75) is 19.2 Å². The molecule has 0 radical (unpaired) electrons. The Balaban J connectivity index is 3.70. The summed E-state index contributed by atoms with van der Waals surface area (Å²) in [5.74, 6) is -2.23. The molecule has 2 unspecified atom stereocenters. The van der Waals surface area contributed by atoms with Crippen LogP contribution in [0.5, 0.6) is 0 Å². The Labute approximate surface area is 83.3 Å². The number of hydrogen-bond acceptors (Lipinski definition) is 3. The number of hydrogen-bond donors (Lipinski definition) is 2. The normalized spacial score (nSPS) is 16.4. The van der Waals surface area contributed by atoms with Crippen LogP contribution in [0.15, 0.2) is 0 Å². The van der Waals surface area contributed by atoms with Gasteiger partial charge in [0.25, 0.3) is 0 Å². The molecule has 84 valence electrons. The zero-order valence-corrected chi connectivity index (χ0v) is 8.23. The van der Waals surface area contributed by atoms with Gasteiger partial charge in [-0.05, 0) is 0 Å². The van der Waals surface area contributed by atoms with Crippen LogP contribution >= 0.6 is 11.8 Å². The van der Waals surface area contributed by atoms with Gasteiger partial charge in [-0.2, -0.15) is 24.9 Å². The summed E-state index contributed by atoms with van der Waals surface area (Å²) in [5, 5.41) is 17.0. The van der Waals surface area contributed by atoms with E-state index >= 15 is 0 Å². The molecule has 0 spiro atoms. The summed E-state index contributed by atoms with van der Waals surface area (Å²) >= 11 is 0.774. The van der Waals surface area contributed by atoms with Crippen molar-refractivity contribution in [1.82, 2.24) is 0 Å². The second-order valence-corrected chi connectivity index (χ2v) is 3.91. The number of halogens is 3. The first-order valence-electron chi connectivity index (χ1n) is 3.80. The fourth-order valence-electron chi connectivity index (χ4n) is 0.522. The first-order valence-corrected chi connectivity index (χ1v) is 4.96. The average Bonchev–Trinajstić information content (AvgIpc) is 2.01. The molecule has 0 bridgehead atoms. The molecular formula is C7H11F3O3S. The Morgan fingerprint density at radius 2 is 1.93 bits per heavy atom. The Hall–Kier alpha value is -0.430. The number of carboxylic acids is 1. The summed E-state index contributed by atoms with van der Waals surface area (Å²) in [6.07, 6.45) is -7.01. The molecule has 0 aromatic heterocycles. The Bertz CT molecular complexity index is 195. The van der Waals surface area contributed by atoms with Crippen molar-refractivity contribution in [1.29, 1.82) is 0 Å². The van der Waals surface area contributed by atoms with Crippen LogP contribution in [-0.2, 0) is 4.79 Å². The lowest BCUT2D eigenvalue weighted by Gasteiger charge is -2.14. The Kier molecular flexibility index (Phi) is 5.28. The lowest BCUT2D eigenvalue weighted by atomic mass is 10.2. The van der Waals surface area contributed by atoms with Crippen molar-refractivity contribution in [3.63, 3.8) is 0 Å². The van der Waals surface area contributed by atoms with Crippen molar-refractivity contribution in [3.8, 4) is 0 Å². The van der Waals surface area contributed by atoms with Crippen LogP contribution in [0.3, 0.4) is 0 Å². The molecular weight excluding hydrogens is 221 g/mol. The van der Waals surface area contributed by atoms with Crippen molar-refractivity contribution in [2.75, 3.05) is 11.5 Å². The molecule has 14 heavy (non-hydrogen) atoms. The van der Waals surface area contributed by atoms with Crippen LogP contribution in [0, 0.1) is 5.92 Å². The van der Waals surface area contributed by atoms with E-state index in [-0.39, 0.29) is 5.75 Å². The van der Waals surface area contributed by atoms with E-state index in [1.807, 2.05) is 0 Å². The van der Waals surface area contributed by atoms with E-state index < -0.39 is 29.9 Å². The highest BCUT2D eigenvalue weighted by Gasteiger charge is 2.37. The van der Waals surface area contributed by atoms with Gasteiger partial charge < -0.3 is 10.2 Å². The first kappa shape index (κ1) is 13.6. The summed E-state index contributed by atoms with van der Waals surface area (Å²) in [6, 6.07) is 0. The molecule has 0 aliphatic carbocycles. The van der Waals surface area contributed by atoms with Gasteiger partial charge in [-0.25, -0.2) is 0 Å². The standard InChI is InChI=1S/C7H11F3O3S/c1-4(6(12)13)2-14-3-5(11)7(8,9)10/h4-5,11H,2-3H2,1H3,(H,12,13). The number of carbonyl (C=O) groups is 1. The van der Waals surface area contributed by atoms with Crippen LogP contribution in [0.2, 0.25) is 0 Å². The van der Waals surface area contributed by atoms with E-state index in [9.17, 15) is 18.0 Å².